The van der Waals surface area contributed by atoms with Crippen molar-refractivity contribution in [1.29, 1.82) is 0 Å². The molecular formula is C40H70O3. The minimum absolute atomic E-state index is 0.465. The van der Waals surface area contributed by atoms with E-state index in [-0.39, 0.29) is 0 Å². The van der Waals surface area contributed by atoms with E-state index in [1.165, 1.54) is 116 Å². The second-order valence-electron chi connectivity index (χ2n) is 16.1. The highest BCUT2D eigenvalue weighted by atomic mass is 16.1. The van der Waals surface area contributed by atoms with Gasteiger partial charge in [-0.2, -0.15) is 0 Å². The van der Waals surface area contributed by atoms with E-state index in [1.54, 1.807) is 0 Å². The summed E-state index contributed by atoms with van der Waals surface area (Å²) in [7, 11) is 0. The van der Waals surface area contributed by atoms with E-state index in [4.69, 9.17) is 0 Å². The van der Waals surface area contributed by atoms with Crippen LogP contribution in [0, 0.1) is 22.2 Å². The number of Topliss-reactive ketones (excluding diaryl/α,β-unsaturated/α-hetero) is 3. The SMILES string of the molecule is CCCC(=O)CCCCCCC12CC3CC(CCCCCCC(=O)CCC)(C1)CC(CCCCCCC(=O)CCC)(C3)C2. The molecule has 4 aliphatic carbocycles. The summed E-state index contributed by atoms with van der Waals surface area (Å²) in [6.07, 6.45) is 35.8. The lowest BCUT2D eigenvalue weighted by molar-refractivity contribution is -0.169. The Morgan fingerprint density at radius 3 is 0.977 bits per heavy atom. The maximum absolute atomic E-state index is 11.9. The molecule has 4 rings (SSSR count). The van der Waals surface area contributed by atoms with Gasteiger partial charge in [0.15, 0.2) is 0 Å². The smallest absolute Gasteiger partial charge is 0.132 e. The van der Waals surface area contributed by atoms with Gasteiger partial charge in [0.25, 0.3) is 0 Å². The lowest BCUT2D eigenvalue weighted by Gasteiger charge is -2.68. The van der Waals surface area contributed by atoms with Gasteiger partial charge in [-0.25, -0.2) is 0 Å². The Balaban J connectivity index is 1.51. The van der Waals surface area contributed by atoms with Crippen LogP contribution >= 0.6 is 0 Å². The molecule has 4 saturated carbocycles. The summed E-state index contributed by atoms with van der Waals surface area (Å²) in [6, 6.07) is 0. The highest BCUT2D eigenvalue weighted by molar-refractivity contribution is 5.78. The molecule has 4 fully saturated rings. The number of carbonyl (C=O) groups excluding carboxylic acids is 3. The molecule has 0 aromatic heterocycles. The van der Waals surface area contributed by atoms with Gasteiger partial charge in [0.1, 0.15) is 17.3 Å². The van der Waals surface area contributed by atoms with Crippen molar-refractivity contribution in [3.8, 4) is 0 Å². The third kappa shape index (κ3) is 12.4. The van der Waals surface area contributed by atoms with E-state index >= 15 is 0 Å². The normalized spacial score (nSPS) is 27.6. The second kappa shape index (κ2) is 18.9. The van der Waals surface area contributed by atoms with Crippen LogP contribution in [-0.4, -0.2) is 17.3 Å². The quantitative estimate of drug-likeness (QED) is 0.0884. The Labute approximate surface area is 266 Å². The van der Waals surface area contributed by atoms with E-state index in [2.05, 4.69) is 20.8 Å². The molecule has 0 aliphatic heterocycles. The van der Waals surface area contributed by atoms with Crippen molar-refractivity contribution in [3.05, 3.63) is 0 Å². The van der Waals surface area contributed by atoms with Crippen LogP contribution in [0.2, 0.25) is 0 Å². The minimum atomic E-state index is 0.465. The van der Waals surface area contributed by atoms with Gasteiger partial charge < -0.3 is 0 Å². The molecule has 0 aromatic rings. The lowest BCUT2D eigenvalue weighted by Crippen LogP contribution is -2.56. The Hall–Kier alpha value is -0.990. The predicted octanol–water partition coefficient (Wildman–Crippen LogP) is 12.1. The minimum Gasteiger partial charge on any atom is -0.300 e. The van der Waals surface area contributed by atoms with Crippen molar-refractivity contribution in [1.82, 2.24) is 0 Å². The molecule has 0 aromatic carbocycles. The predicted molar refractivity (Wildman–Crippen MR) is 181 cm³/mol. The van der Waals surface area contributed by atoms with Crippen LogP contribution < -0.4 is 0 Å². The van der Waals surface area contributed by atoms with E-state index in [0.717, 1.165) is 83.0 Å². The summed E-state index contributed by atoms with van der Waals surface area (Å²) in [5.74, 6) is 2.34. The standard InChI is InChI=1S/C40H70O3/c1-4-19-35(41)22-13-7-10-16-25-38-28-34-29-39(31-38,26-17-11-8-14-23-36(42)20-5-2)33-40(30-34,32-38)27-18-12-9-15-24-37(43)21-6-3/h34H,4-33H2,1-3H3. The fourth-order valence-corrected chi connectivity index (χ4v) is 10.6. The highest BCUT2D eigenvalue weighted by Gasteiger charge is 2.61. The van der Waals surface area contributed by atoms with Crippen LogP contribution in [0.25, 0.3) is 0 Å². The maximum atomic E-state index is 11.9. The number of ketones is 3. The molecule has 0 N–H and O–H groups in total. The molecule has 43 heavy (non-hydrogen) atoms. The van der Waals surface area contributed by atoms with Gasteiger partial charge in [0.05, 0.1) is 0 Å². The van der Waals surface area contributed by atoms with Crippen molar-refractivity contribution in [2.75, 3.05) is 0 Å². The zero-order valence-electron chi connectivity index (χ0n) is 29.0. The van der Waals surface area contributed by atoms with E-state index < -0.39 is 0 Å². The Kier molecular flexibility index (Phi) is 16.0. The van der Waals surface area contributed by atoms with Gasteiger partial charge in [-0.1, -0.05) is 78.6 Å². The molecule has 3 nitrogen and oxygen atoms in total. The molecule has 0 heterocycles. The van der Waals surface area contributed by atoms with Crippen molar-refractivity contribution >= 4 is 17.3 Å². The number of carbonyl (C=O) groups is 3. The van der Waals surface area contributed by atoms with Gasteiger partial charge in [-0.3, -0.25) is 14.4 Å². The van der Waals surface area contributed by atoms with Gasteiger partial charge in [0.2, 0.25) is 0 Å². The van der Waals surface area contributed by atoms with Gasteiger partial charge >= 0.3 is 0 Å². The zero-order chi connectivity index (χ0) is 31.0. The Morgan fingerprint density at radius 2 is 0.698 bits per heavy atom. The summed E-state index contributed by atoms with van der Waals surface area (Å²) < 4.78 is 0. The van der Waals surface area contributed by atoms with Gasteiger partial charge in [-0.15, -0.1) is 0 Å². The molecule has 0 atom stereocenters. The van der Waals surface area contributed by atoms with Crippen LogP contribution in [0.1, 0.15) is 213 Å². The Morgan fingerprint density at radius 1 is 0.419 bits per heavy atom. The van der Waals surface area contributed by atoms with Crippen LogP contribution in [0.3, 0.4) is 0 Å². The molecule has 0 unspecified atom stereocenters. The molecule has 0 radical (unpaired) electrons. The van der Waals surface area contributed by atoms with Crippen molar-refractivity contribution in [2.45, 2.75) is 213 Å². The van der Waals surface area contributed by atoms with Crippen molar-refractivity contribution < 1.29 is 14.4 Å². The fourth-order valence-electron chi connectivity index (χ4n) is 10.6. The number of hydrogen-bond acceptors (Lipinski definition) is 3. The zero-order valence-corrected chi connectivity index (χ0v) is 29.0. The Bertz CT molecular complexity index is 725. The lowest BCUT2D eigenvalue weighted by atomic mass is 9.37. The molecule has 248 valence electrons. The highest BCUT2D eigenvalue weighted by Crippen LogP contribution is 2.73. The number of hydrogen-bond donors (Lipinski definition) is 0. The first-order valence-corrected chi connectivity index (χ1v) is 19.3. The summed E-state index contributed by atoms with van der Waals surface area (Å²) in [5, 5.41) is 0. The largest absolute Gasteiger partial charge is 0.300 e. The topological polar surface area (TPSA) is 51.2 Å². The average molecular weight is 599 g/mol. The first-order chi connectivity index (χ1) is 20.8. The van der Waals surface area contributed by atoms with Gasteiger partial charge in [-0.05, 0) is 118 Å². The first kappa shape index (κ1) is 36.5. The monoisotopic (exact) mass is 599 g/mol. The van der Waals surface area contributed by atoms with E-state index in [0.29, 0.717) is 33.6 Å². The average Bonchev–Trinajstić information content (AvgIpc) is 2.94. The third-order valence-electron chi connectivity index (χ3n) is 11.7. The molecule has 4 bridgehead atoms. The van der Waals surface area contributed by atoms with Crippen LogP contribution in [-0.2, 0) is 14.4 Å². The number of rotatable bonds is 27. The molecule has 0 amide bonds. The van der Waals surface area contributed by atoms with Gasteiger partial charge in [0, 0.05) is 38.5 Å². The van der Waals surface area contributed by atoms with Crippen molar-refractivity contribution in [2.24, 2.45) is 22.2 Å². The summed E-state index contributed by atoms with van der Waals surface area (Å²) in [4.78, 5) is 35.8. The second-order valence-corrected chi connectivity index (χ2v) is 16.1. The van der Waals surface area contributed by atoms with Crippen LogP contribution in [0.5, 0.6) is 0 Å². The van der Waals surface area contributed by atoms with E-state index in [9.17, 15) is 14.4 Å². The summed E-state index contributed by atoms with van der Waals surface area (Å²) in [6.45, 7) is 6.32. The first-order valence-electron chi connectivity index (χ1n) is 19.3. The maximum Gasteiger partial charge on any atom is 0.132 e. The molecular weight excluding hydrogens is 528 g/mol. The third-order valence-corrected chi connectivity index (χ3v) is 11.7. The van der Waals surface area contributed by atoms with Crippen LogP contribution in [0.4, 0.5) is 0 Å². The summed E-state index contributed by atoms with van der Waals surface area (Å²) >= 11 is 0. The number of unbranched alkanes of at least 4 members (excludes halogenated alkanes) is 9. The van der Waals surface area contributed by atoms with Crippen molar-refractivity contribution in [3.63, 3.8) is 0 Å². The van der Waals surface area contributed by atoms with E-state index in [1.807, 2.05) is 0 Å². The molecule has 0 saturated heterocycles. The summed E-state index contributed by atoms with van der Waals surface area (Å²) in [5.41, 5.74) is 1.74. The molecule has 0 spiro atoms. The molecule has 4 aliphatic rings. The fraction of sp³-hybridized carbons (Fsp3) is 0.925. The van der Waals surface area contributed by atoms with Crippen LogP contribution in [0.15, 0.2) is 0 Å². The molecule has 3 heteroatoms.